The number of fused-ring (bicyclic) bond motifs is 1. The molecule has 0 amide bonds. The fourth-order valence-electron chi connectivity index (χ4n) is 1.34. The van der Waals surface area contributed by atoms with E-state index in [9.17, 15) is 0 Å². The Bertz CT molecular complexity index is 566. The molecule has 82 valence electrons. The van der Waals surface area contributed by atoms with Crippen LogP contribution < -0.4 is 11.5 Å². The van der Waals surface area contributed by atoms with Crippen molar-refractivity contribution in [1.29, 1.82) is 0 Å². The van der Waals surface area contributed by atoms with Crippen molar-refractivity contribution in [2.24, 2.45) is 16.5 Å². The van der Waals surface area contributed by atoms with Crippen LogP contribution in [-0.4, -0.2) is 5.84 Å². The van der Waals surface area contributed by atoms with E-state index in [4.69, 9.17) is 11.5 Å². The van der Waals surface area contributed by atoms with Crippen molar-refractivity contribution in [3.8, 4) is 0 Å². The average Bonchev–Trinajstić information content (AvgIpc) is 2.75. The molecule has 4 N–H and O–H groups in total. The first-order valence-electron chi connectivity index (χ1n) is 4.91. The lowest BCUT2D eigenvalue weighted by Crippen LogP contribution is -2.13. The van der Waals surface area contributed by atoms with E-state index in [1.54, 1.807) is 11.3 Å². The van der Waals surface area contributed by atoms with Gasteiger partial charge in [-0.15, -0.1) is 11.3 Å². The number of benzene rings is 1. The number of aliphatic imine (C=N–C) groups is 1. The van der Waals surface area contributed by atoms with Crippen LogP contribution in [0, 0.1) is 0 Å². The van der Waals surface area contributed by atoms with Crippen LogP contribution in [-0.2, 0) is 0 Å². The average molecular weight is 231 g/mol. The number of hydrogen-bond donors (Lipinski definition) is 2. The highest BCUT2D eigenvalue weighted by atomic mass is 32.1. The molecule has 2 rings (SSSR count). The van der Waals surface area contributed by atoms with Crippen LogP contribution in [0.25, 0.3) is 10.1 Å². The molecule has 16 heavy (non-hydrogen) atoms. The van der Waals surface area contributed by atoms with Crippen molar-refractivity contribution in [1.82, 2.24) is 0 Å². The Hall–Kier alpha value is -1.81. The number of thiophene rings is 1. The molecular formula is C12H13N3S. The Morgan fingerprint density at radius 1 is 1.38 bits per heavy atom. The zero-order valence-corrected chi connectivity index (χ0v) is 9.79. The summed E-state index contributed by atoms with van der Waals surface area (Å²) in [5.41, 5.74) is 12.8. The van der Waals surface area contributed by atoms with Crippen LogP contribution in [0.2, 0.25) is 0 Å². The SMILES string of the molecule is C/C(=C/N)C(N)=Nc1ccc2sccc2c1. The van der Waals surface area contributed by atoms with Crippen LogP contribution in [0.5, 0.6) is 0 Å². The van der Waals surface area contributed by atoms with E-state index in [2.05, 4.69) is 16.4 Å². The summed E-state index contributed by atoms with van der Waals surface area (Å²) in [4.78, 5) is 4.31. The third-order valence-corrected chi connectivity index (χ3v) is 3.24. The summed E-state index contributed by atoms with van der Waals surface area (Å²) >= 11 is 1.71. The normalized spacial score (nSPS) is 13.3. The van der Waals surface area contributed by atoms with E-state index >= 15 is 0 Å². The van der Waals surface area contributed by atoms with Gasteiger partial charge in [-0.05, 0) is 42.0 Å². The second-order valence-electron chi connectivity index (χ2n) is 3.49. The van der Waals surface area contributed by atoms with Gasteiger partial charge in [0.25, 0.3) is 0 Å². The third-order valence-electron chi connectivity index (χ3n) is 2.34. The lowest BCUT2D eigenvalue weighted by molar-refractivity contribution is 1.40. The number of amidine groups is 1. The summed E-state index contributed by atoms with van der Waals surface area (Å²) in [5, 5.41) is 3.25. The Morgan fingerprint density at radius 2 is 2.19 bits per heavy atom. The van der Waals surface area contributed by atoms with E-state index in [0.717, 1.165) is 11.3 Å². The fraction of sp³-hybridized carbons (Fsp3) is 0.0833. The first-order valence-corrected chi connectivity index (χ1v) is 5.79. The van der Waals surface area contributed by atoms with E-state index in [1.807, 2.05) is 25.1 Å². The molecule has 0 aliphatic rings. The Kier molecular flexibility index (Phi) is 2.92. The van der Waals surface area contributed by atoms with Gasteiger partial charge in [-0.2, -0.15) is 0 Å². The van der Waals surface area contributed by atoms with Crippen molar-refractivity contribution >= 4 is 32.9 Å². The number of nitrogens with two attached hydrogens (primary N) is 2. The van der Waals surface area contributed by atoms with Crippen LogP contribution >= 0.6 is 11.3 Å². The van der Waals surface area contributed by atoms with E-state index in [0.29, 0.717) is 5.84 Å². The zero-order chi connectivity index (χ0) is 11.5. The van der Waals surface area contributed by atoms with Gasteiger partial charge in [-0.25, -0.2) is 4.99 Å². The molecule has 1 aromatic carbocycles. The highest BCUT2D eigenvalue weighted by Gasteiger charge is 1.99. The maximum atomic E-state index is 5.78. The summed E-state index contributed by atoms with van der Waals surface area (Å²) in [7, 11) is 0. The highest BCUT2D eigenvalue weighted by Crippen LogP contribution is 2.25. The molecule has 0 saturated carbocycles. The molecule has 4 heteroatoms. The summed E-state index contributed by atoms with van der Waals surface area (Å²) < 4.78 is 1.25. The van der Waals surface area contributed by atoms with Crippen LogP contribution in [0.1, 0.15) is 6.92 Å². The van der Waals surface area contributed by atoms with Crippen molar-refractivity contribution < 1.29 is 0 Å². The molecule has 0 aliphatic heterocycles. The van der Waals surface area contributed by atoms with Gasteiger partial charge in [0.2, 0.25) is 0 Å². The monoisotopic (exact) mass is 231 g/mol. The van der Waals surface area contributed by atoms with Gasteiger partial charge < -0.3 is 11.5 Å². The first kappa shape index (κ1) is 10.7. The molecule has 1 aromatic heterocycles. The van der Waals surface area contributed by atoms with E-state index in [1.165, 1.54) is 16.3 Å². The molecule has 0 aliphatic carbocycles. The molecule has 0 saturated heterocycles. The van der Waals surface area contributed by atoms with Gasteiger partial charge in [0, 0.05) is 16.5 Å². The molecular weight excluding hydrogens is 218 g/mol. The fourth-order valence-corrected chi connectivity index (χ4v) is 2.11. The molecule has 0 spiro atoms. The maximum absolute atomic E-state index is 5.78. The van der Waals surface area contributed by atoms with Gasteiger partial charge >= 0.3 is 0 Å². The highest BCUT2D eigenvalue weighted by molar-refractivity contribution is 7.17. The lowest BCUT2D eigenvalue weighted by Gasteiger charge is -2.00. The van der Waals surface area contributed by atoms with Gasteiger partial charge in [-0.1, -0.05) is 0 Å². The van der Waals surface area contributed by atoms with E-state index < -0.39 is 0 Å². The summed E-state index contributed by atoms with van der Waals surface area (Å²) in [6, 6.07) is 8.09. The third kappa shape index (κ3) is 2.06. The molecule has 0 radical (unpaired) electrons. The molecule has 0 fully saturated rings. The van der Waals surface area contributed by atoms with Crippen molar-refractivity contribution in [2.45, 2.75) is 6.92 Å². The van der Waals surface area contributed by atoms with Gasteiger partial charge in [0.05, 0.1) is 5.69 Å². The standard InChI is InChI=1S/C12H13N3S/c1-8(7-13)12(14)15-10-2-3-11-9(6-10)4-5-16-11/h2-7H,13H2,1H3,(H2,14,15)/b8-7-. The Labute approximate surface area is 98.1 Å². The molecule has 0 unspecified atom stereocenters. The van der Waals surface area contributed by atoms with Gasteiger partial charge in [-0.3, -0.25) is 0 Å². The largest absolute Gasteiger partial charge is 0.404 e. The summed E-state index contributed by atoms with van der Waals surface area (Å²) in [6.07, 6.45) is 1.46. The smallest absolute Gasteiger partial charge is 0.128 e. The predicted molar refractivity (Wildman–Crippen MR) is 71.1 cm³/mol. The minimum Gasteiger partial charge on any atom is -0.404 e. The summed E-state index contributed by atoms with van der Waals surface area (Å²) in [5.74, 6) is 0.456. The number of nitrogens with zero attached hydrogens (tertiary/aromatic N) is 1. The maximum Gasteiger partial charge on any atom is 0.128 e. The number of hydrogen-bond acceptors (Lipinski definition) is 3. The van der Waals surface area contributed by atoms with Gasteiger partial charge in [0.15, 0.2) is 0 Å². The quantitative estimate of drug-likeness (QED) is 0.616. The molecule has 2 aromatic rings. The first-order chi connectivity index (χ1) is 7.70. The van der Waals surface area contributed by atoms with Gasteiger partial charge in [0.1, 0.15) is 5.84 Å². The topological polar surface area (TPSA) is 64.4 Å². The van der Waals surface area contributed by atoms with Crippen molar-refractivity contribution in [3.63, 3.8) is 0 Å². The molecule has 3 nitrogen and oxygen atoms in total. The minimum atomic E-state index is 0.456. The lowest BCUT2D eigenvalue weighted by atomic mass is 10.2. The summed E-state index contributed by atoms with van der Waals surface area (Å²) in [6.45, 7) is 1.84. The van der Waals surface area contributed by atoms with Crippen LogP contribution in [0.4, 0.5) is 5.69 Å². The molecule has 0 atom stereocenters. The Morgan fingerprint density at radius 3 is 2.94 bits per heavy atom. The second-order valence-corrected chi connectivity index (χ2v) is 4.44. The number of rotatable bonds is 2. The predicted octanol–water partition coefficient (Wildman–Crippen LogP) is 2.75. The van der Waals surface area contributed by atoms with E-state index in [-0.39, 0.29) is 0 Å². The van der Waals surface area contributed by atoms with Crippen LogP contribution in [0.3, 0.4) is 0 Å². The Balaban J connectivity index is 2.40. The molecule has 0 bridgehead atoms. The minimum absolute atomic E-state index is 0.456. The van der Waals surface area contributed by atoms with Crippen LogP contribution in [0.15, 0.2) is 46.4 Å². The zero-order valence-electron chi connectivity index (χ0n) is 8.97. The molecule has 1 heterocycles. The van der Waals surface area contributed by atoms with Crippen molar-refractivity contribution in [3.05, 3.63) is 41.4 Å². The van der Waals surface area contributed by atoms with Crippen molar-refractivity contribution in [2.75, 3.05) is 0 Å². The second kappa shape index (κ2) is 4.37.